The number of rotatable bonds is 7. The highest BCUT2D eigenvalue weighted by atomic mass is 35.5. The van der Waals surface area contributed by atoms with Crippen LogP contribution in [0.25, 0.3) is 11.5 Å². The molecule has 0 unspecified atom stereocenters. The molecule has 1 saturated carbocycles. The molecule has 1 aromatic heterocycles. The van der Waals surface area contributed by atoms with Gasteiger partial charge in [-0.15, -0.1) is 10.2 Å². The van der Waals surface area contributed by atoms with E-state index in [0.717, 1.165) is 19.3 Å². The molecule has 2 fully saturated rings. The zero-order valence-electron chi connectivity index (χ0n) is 17.2. The van der Waals surface area contributed by atoms with Crippen molar-refractivity contribution in [1.82, 2.24) is 20.0 Å². The first-order valence-electron chi connectivity index (χ1n) is 10.7. The van der Waals surface area contributed by atoms with E-state index in [1.165, 1.54) is 0 Å². The third-order valence-electron chi connectivity index (χ3n) is 5.78. The Hall–Kier alpha value is -2.41. The van der Waals surface area contributed by atoms with Crippen molar-refractivity contribution in [3.8, 4) is 11.5 Å². The molecule has 4 rings (SSSR count). The molecule has 0 atom stereocenters. The lowest BCUT2D eigenvalue weighted by atomic mass is 9.94. The van der Waals surface area contributed by atoms with Crippen molar-refractivity contribution in [2.24, 2.45) is 11.8 Å². The predicted molar refractivity (Wildman–Crippen MR) is 112 cm³/mol. The summed E-state index contributed by atoms with van der Waals surface area (Å²) in [6.07, 6.45) is 4.30. The standard InChI is InChI=1S/C22H27ClN4O3/c1-2-11-27(14-19-24-25-20(30-19)17-5-3-4-6-18(17)23)22(29)16-9-12-26(13-10-16)21(28)15-7-8-15/h3-6,15-16H,2,7-14H2,1H3. The lowest BCUT2D eigenvalue weighted by molar-refractivity contribution is -0.142. The topological polar surface area (TPSA) is 79.5 Å². The summed E-state index contributed by atoms with van der Waals surface area (Å²) >= 11 is 6.21. The Balaban J connectivity index is 1.38. The number of carbonyl (C=O) groups is 2. The zero-order chi connectivity index (χ0) is 21.1. The second-order valence-corrected chi connectivity index (χ2v) is 8.52. The number of hydrogen-bond donors (Lipinski definition) is 0. The second-order valence-electron chi connectivity index (χ2n) is 8.11. The van der Waals surface area contributed by atoms with Crippen LogP contribution in [0.3, 0.4) is 0 Å². The van der Waals surface area contributed by atoms with Crippen LogP contribution in [0.5, 0.6) is 0 Å². The van der Waals surface area contributed by atoms with Gasteiger partial charge in [-0.05, 0) is 44.2 Å². The van der Waals surface area contributed by atoms with Crippen LogP contribution in [-0.2, 0) is 16.1 Å². The number of aromatic nitrogens is 2. The molecular formula is C22H27ClN4O3. The first-order valence-corrected chi connectivity index (χ1v) is 11.1. The van der Waals surface area contributed by atoms with Crippen molar-refractivity contribution in [1.29, 1.82) is 0 Å². The predicted octanol–water partition coefficient (Wildman–Crippen LogP) is 3.78. The monoisotopic (exact) mass is 430 g/mol. The first kappa shape index (κ1) is 20.8. The molecule has 1 aliphatic heterocycles. The Labute approximate surface area is 181 Å². The molecule has 0 N–H and O–H groups in total. The molecule has 30 heavy (non-hydrogen) atoms. The van der Waals surface area contributed by atoms with Gasteiger partial charge in [0.05, 0.1) is 17.1 Å². The van der Waals surface area contributed by atoms with E-state index in [-0.39, 0.29) is 30.2 Å². The minimum atomic E-state index is -0.0641. The Morgan fingerprint density at radius 2 is 1.87 bits per heavy atom. The normalized spacial score (nSPS) is 17.2. The summed E-state index contributed by atoms with van der Waals surface area (Å²) in [5.74, 6) is 1.29. The van der Waals surface area contributed by atoms with E-state index in [0.29, 0.717) is 54.8 Å². The first-order chi connectivity index (χ1) is 14.6. The molecule has 1 aromatic carbocycles. The van der Waals surface area contributed by atoms with E-state index in [9.17, 15) is 9.59 Å². The number of likely N-dealkylation sites (tertiary alicyclic amines) is 1. The summed E-state index contributed by atoms with van der Waals surface area (Å²) in [7, 11) is 0. The molecule has 2 aliphatic rings. The maximum atomic E-state index is 13.2. The number of hydrogen-bond acceptors (Lipinski definition) is 5. The van der Waals surface area contributed by atoms with Crippen molar-refractivity contribution in [2.75, 3.05) is 19.6 Å². The van der Waals surface area contributed by atoms with E-state index in [1.54, 1.807) is 11.0 Å². The van der Waals surface area contributed by atoms with Gasteiger partial charge in [-0.25, -0.2) is 0 Å². The van der Waals surface area contributed by atoms with Gasteiger partial charge in [0, 0.05) is 31.5 Å². The second kappa shape index (κ2) is 9.16. The van der Waals surface area contributed by atoms with Crippen LogP contribution in [0, 0.1) is 11.8 Å². The number of amides is 2. The SMILES string of the molecule is CCCN(Cc1nnc(-c2ccccc2Cl)o1)C(=O)C1CCN(C(=O)C2CC2)CC1. The average Bonchev–Trinajstić information content (AvgIpc) is 3.52. The quantitative estimate of drug-likeness (QED) is 0.667. The van der Waals surface area contributed by atoms with E-state index in [4.69, 9.17) is 16.0 Å². The molecule has 7 nitrogen and oxygen atoms in total. The minimum absolute atomic E-state index is 0.0641. The molecule has 0 radical (unpaired) electrons. The summed E-state index contributed by atoms with van der Waals surface area (Å²) in [6.45, 7) is 4.29. The third kappa shape index (κ3) is 4.67. The van der Waals surface area contributed by atoms with E-state index in [1.807, 2.05) is 30.0 Å². The number of carbonyl (C=O) groups excluding carboxylic acids is 2. The summed E-state index contributed by atoms with van der Waals surface area (Å²) in [4.78, 5) is 29.1. The largest absolute Gasteiger partial charge is 0.419 e. The van der Waals surface area contributed by atoms with Crippen molar-refractivity contribution in [3.63, 3.8) is 0 Å². The number of nitrogens with zero attached hydrogens (tertiary/aromatic N) is 4. The van der Waals surface area contributed by atoms with E-state index < -0.39 is 0 Å². The average molecular weight is 431 g/mol. The van der Waals surface area contributed by atoms with Crippen LogP contribution >= 0.6 is 11.6 Å². The van der Waals surface area contributed by atoms with Crippen LogP contribution in [0.15, 0.2) is 28.7 Å². The Morgan fingerprint density at radius 1 is 1.13 bits per heavy atom. The molecule has 1 saturated heterocycles. The number of piperidine rings is 1. The Kier molecular flexibility index (Phi) is 6.37. The van der Waals surface area contributed by atoms with Crippen LogP contribution < -0.4 is 0 Å². The highest BCUT2D eigenvalue weighted by Gasteiger charge is 2.36. The smallest absolute Gasteiger partial charge is 0.249 e. The van der Waals surface area contributed by atoms with Crippen molar-refractivity contribution in [2.45, 2.75) is 45.6 Å². The number of halogens is 1. The maximum Gasteiger partial charge on any atom is 0.249 e. The molecule has 1 aliphatic carbocycles. The Bertz CT molecular complexity index is 903. The lowest BCUT2D eigenvalue weighted by Crippen LogP contribution is -2.44. The van der Waals surface area contributed by atoms with Gasteiger partial charge in [-0.3, -0.25) is 9.59 Å². The molecule has 2 heterocycles. The van der Waals surface area contributed by atoms with Gasteiger partial charge in [0.1, 0.15) is 0 Å². The van der Waals surface area contributed by atoms with Gasteiger partial charge in [0.2, 0.25) is 23.6 Å². The summed E-state index contributed by atoms with van der Waals surface area (Å²) in [6, 6.07) is 7.30. The summed E-state index contributed by atoms with van der Waals surface area (Å²) < 4.78 is 5.79. The van der Waals surface area contributed by atoms with E-state index in [2.05, 4.69) is 10.2 Å². The highest BCUT2D eigenvalue weighted by molar-refractivity contribution is 6.33. The van der Waals surface area contributed by atoms with Crippen molar-refractivity contribution in [3.05, 3.63) is 35.2 Å². The molecular weight excluding hydrogens is 404 g/mol. The van der Waals surface area contributed by atoms with Gasteiger partial charge >= 0.3 is 0 Å². The molecule has 8 heteroatoms. The van der Waals surface area contributed by atoms with Crippen LogP contribution in [0.1, 0.15) is 44.9 Å². The van der Waals surface area contributed by atoms with Crippen molar-refractivity contribution >= 4 is 23.4 Å². The fourth-order valence-corrected chi connectivity index (χ4v) is 4.17. The van der Waals surface area contributed by atoms with E-state index >= 15 is 0 Å². The molecule has 2 aromatic rings. The summed E-state index contributed by atoms with van der Waals surface area (Å²) in [5, 5.41) is 8.77. The van der Waals surface area contributed by atoms with Gasteiger partial charge < -0.3 is 14.2 Å². The molecule has 2 amide bonds. The Morgan fingerprint density at radius 3 is 2.53 bits per heavy atom. The van der Waals surface area contributed by atoms with Gasteiger partial charge in [0.25, 0.3) is 0 Å². The summed E-state index contributed by atoms with van der Waals surface area (Å²) in [5.41, 5.74) is 0.680. The van der Waals surface area contributed by atoms with Gasteiger partial charge in [-0.2, -0.15) is 0 Å². The number of benzene rings is 1. The molecule has 0 bridgehead atoms. The fraction of sp³-hybridized carbons (Fsp3) is 0.545. The fourth-order valence-electron chi connectivity index (χ4n) is 3.95. The maximum absolute atomic E-state index is 13.2. The van der Waals surface area contributed by atoms with Gasteiger partial charge in [0.15, 0.2) is 0 Å². The molecule has 0 spiro atoms. The van der Waals surface area contributed by atoms with Crippen molar-refractivity contribution < 1.29 is 14.0 Å². The third-order valence-corrected chi connectivity index (χ3v) is 6.11. The highest BCUT2D eigenvalue weighted by Crippen LogP contribution is 2.33. The minimum Gasteiger partial charge on any atom is -0.419 e. The lowest BCUT2D eigenvalue weighted by Gasteiger charge is -2.34. The zero-order valence-corrected chi connectivity index (χ0v) is 18.0. The molecule has 160 valence electrons. The van der Waals surface area contributed by atoms with Gasteiger partial charge in [-0.1, -0.05) is 30.7 Å². The van der Waals surface area contributed by atoms with Crippen LogP contribution in [-0.4, -0.2) is 51.4 Å². The van der Waals surface area contributed by atoms with Crippen LogP contribution in [0.2, 0.25) is 5.02 Å². The van der Waals surface area contributed by atoms with Crippen LogP contribution in [0.4, 0.5) is 0 Å².